The number of pyridine rings is 1. The van der Waals surface area contributed by atoms with Gasteiger partial charge in [-0.05, 0) is 79.5 Å². The molecule has 0 atom stereocenters. The number of benzene rings is 2. The maximum Gasteiger partial charge on any atom is 0.147 e. The largest absolute Gasteiger partial charge is 0.371 e. The van der Waals surface area contributed by atoms with Crippen molar-refractivity contribution in [3.05, 3.63) is 83.8 Å². The normalized spacial score (nSPS) is 19.1. The van der Waals surface area contributed by atoms with Crippen LogP contribution in [0.2, 0.25) is 0 Å². The Hall–Kier alpha value is -3.54. The van der Waals surface area contributed by atoms with E-state index in [1.54, 1.807) is 0 Å². The number of fused-ring (bicyclic) bond motifs is 1. The quantitative estimate of drug-likeness (QED) is 0.319. The van der Waals surface area contributed by atoms with Crippen molar-refractivity contribution in [3.8, 4) is 11.3 Å². The molecule has 7 rings (SSSR count). The second-order valence-electron chi connectivity index (χ2n) is 10.2. The zero-order chi connectivity index (χ0) is 23.6. The molecule has 176 valence electrons. The first-order chi connectivity index (χ1) is 17.1. The van der Waals surface area contributed by atoms with Crippen LogP contribution in [0.5, 0.6) is 0 Å². The fourth-order valence-electron chi connectivity index (χ4n) is 5.80. The summed E-state index contributed by atoms with van der Waals surface area (Å²) in [6, 6.07) is 14.5. The Kier molecular flexibility index (Phi) is 4.60. The Morgan fingerprint density at radius 3 is 2.46 bits per heavy atom. The van der Waals surface area contributed by atoms with Crippen molar-refractivity contribution in [2.75, 3.05) is 18.0 Å². The summed E-state index contributed by atoms with van der Waals surface area (Å²) in [7, 11) is 0. The third-order valence-electron chi connectivity index (χ3n) is 7.92. The third-order valence-corrected chi connectivity index (χ3v) is 7.92. The number of nitrogens with zero attached hydrogens (tertiary/aromatic N) is 3. The molecule has 2 aromatic carbocycles. The van der Waals surface area contributed by atoms with Crippen LogP contribution in [0.1, 0.15) is 49.3 Å². The number of hydrogen-bond donors (Lipinski definition) is 0. The molecule has 1 saturated carbocycles. The average molecular weight is 470 g/mol. The van der Waals surface area contributed by atoms with E-state index in [0.717, 1.165) is 73.0 Å². The summed E-state index contributed by atoms with van der Waals surface area (Å²) in [6.07, 6.45) is 9.22. The van der Waals surface area contributed by atoms with E-state index in [1.807, 2.05) is 12.3 Å². The van der Waals surface area contributed by atoms with E-state index in [9.17, 15) is 8.78 Å². The summed E-state index contributed by atoms with van der Waals surface area (Å²) in [5, 5.41) is 5.33. The van der Waals surface area contributed by atoms with Gasteiger partial charge in [-0.25, -0.2) is 8.78 Å². The third kappa shape index (κ3) is 3.46. The van der Waals surface area contributed by atoms with Crippen molar-refractivity contribution in [1.29, 1.82) is 0 Å². The monoisotopic (exact) mass is 469 g/mol. The first-order valence-corrected chi connectivity index (χ1v) is 12.4. The molecule has 35 heavy (non-hydrogen) atoms. The summed E-state index contributed by atoms with van der Waals surface area (Å²) < 4.78 is 34.9. The van der Waals surface area contributed by atoms with Crippen LogP contribution in [-0.4, -0.2) is 23.2 Å². The van der Waals surface area contributed by atoms with Gasteiger partial charge in [-0.2, -0.15) is 0 Å². The minimum absolute atomic E-state index is 0.0828. The summed E-state index contributed by atoms with van der Waals surface area (Å²) in [5.74, 6) is -0.0976. The van der Waals surface area contributed by atoms with Crippen LogP contribution in [0, 0.1) is 17.0 Å². The first kappa shape index (κ1) is 20.8. The van der Waals surface area contributed by atoms with Gasteiger partial charge < -0.3 is 9.42 Å². The van der Waals surface area contributed by atoms with Gasteiger partial charge in [0.2, 0.25) is 0 Å². The van der Waals surface area contributed by atoms with Gasteiger partial charge in [0.1, 0.15) is 23.1 Å². The summed E-state index contributed by atoms with van der Waals surface area (Å²) in [4.78, 5) is 6.87. The highest BCUT2D eigenvalue weighted by molar-refractivity contribution is 5.85. The van der Waals surface area contributed by atoms with Gasteiger partial charge in [-0.3, -0.25) is 4.98 Å². The molecule has 6 heteroatoms. The highest BCUT2D eigenvalue weighted by Crippen LogP contribution is 2.56. The lowest BCUT2D eigenvalue weighted by Gasteiger charge is -2.47. The van der Waals surface area contributed by atoms with Crippen LogP contribution >= 0.6 is 0 Å². The van der Waals surface area contributed by atoms with Crippen molar-refractivity contribution < 1.29 is 13.3 Å². The molecule has 2 aliphatic carbocycles. The van der Waals surface area contributed by atoms with Crippen molar-refractivity contribution in [2.45, 2.75) is 38.0 Å². The first-order valence-electron chi connectivity index (χ1n) is 12.4. The van der Waals surface area contributed by atoms with Crippen LogP contribution in [0.3, 0.4) is 0 Å². The second-order valence-corrected chi connectivity index (χ2v) is 10.2. The molecule has 1 aliphatic heterocycles. The Morgan fingerprint density at radius 2 is 1.71 bits per heavy atom. The van der Waals surface area contributed by atoms with Gasteiger partial charge in [-0.15, -0.1) is 0 Å². The number of aromatic nitrogens is 2. The van der Waals surface area contributed by atoms with Crippen LogP contribution in [0.25, 0.3) is 27.7 Å². The fraction of sp³-hybridized carbons (Fsp3) is 0.310. The lowest BCUT2D eigenvalue weighted by atomic mass is 9.63. The van der Waals surface area contributed by atoms with Crippen LogP contribution in [0.15, 0.2) is 65.3 Å². The molecule has 0 bridgehead atoms. The summed E-state index contributed by atoms with van der Waals surface area (Å²) >= 11 is 0. The van der Waals surface area contributed by atoms with E-state index in [1.165, 1.54) is 23.9 Å². The molecule has 3 aliphatic rings. The molecular weight excluding hydrogens is 444 g/mol. The number of anilines is 1. The number of halogens is 2. The molecule has 0 N–H and O–H groups in total. The van der Waals surface area contributed by atoms with Gasteiger partial charge in [0, 0.05) is 41.8 Å². The maximum absolute atomic E-state index is 14.6. The molecule has 3 heterocycles. The topological polar surface area (TPSA) is 42.2 Å². The van der Waals surface area contributed by atoms with E-state index < -0.39 is 11.6 Å². The molecule has 0 radical (unpaired) electrons. The second kappa shape index (κ2) is 7.74. The van der Waals surface area contributed by atoms with Gasteiger partial charge >= 0.3 is 0 Å². The van der Waals surface area contributed by atoms with E-state index in [4.69, 9.17) is 4.52 Å². The van der Waals surface area contributed by atoms with E-state index in [-0.39, 0.29) is 11.0 Å². The number of rotatable bonds is 4. The van der Waals surface area contributed by atoms with Gasteiger partial charge in [-0.1, -0.05) is 23.4 Å². The predicted octanol–water partition coefficient (Wildman–Crippen LogP) is 7.12. The van der Waals surface area contributed by atoms with Gasteiger partial charge in [0.25, 0.3) is 0 Å². The standard InChI is InChI=1S/C29H25F2N3O/c30-22-4-1-5-23(31)26(22)27-25(28(35-33-27)18-6-7-18)20-16-29(17-20)10-13-34(14-11-29)21-8-9-24-19(15-21)3-2-12-32-24/h1-5,8-9,12,15-16,18H,6-7,10-11,13-14,17H2. The fourth-order valence-corrected chi connectivity index (χ4v) is 5.80. The lowest BCUT2D eigenvalue weighted by Crippen LogP contribution is -2.42. The van der Waals surface area contributed by atoms with Crippen LogP contribution in [0.4, 0.5) is 14.5 Å². The lowest BCUT2D eigenvalue weighted by molar-refractivity contribution is 0.277. The van der Waals surface area contributed by atoms with Gasteiger partial charge in [0.15, 0.2) is 0 Å². The zero-order valence-electron chi connectivity index (χ0n) is 19.3. The van der Waals surface area contributed by atoms with E-state index in [0.29, 0.717) is 11.6 Å². The molecule has 1 spiro atoms. The minimum Gasteiger partial charge on any atom is -0.371 e. The Balaban J connectivity index is 1.16. The minimum atomic E-state index is -0.601. The Morgan fingerprint density at radius 1 is 0.943 bits per heavy atom. The van der Waals surface area contributed by atoms with E-state index >= 15 is 0 Å². The van der Waals surface area contributed by atoms with Crippen molar-refractivity contribution >= 4 is 22.2 Å². The van der Waals surface area contributed by atoms with Crippen LogP contribution in [-0.2, 0) is 0 Å². The molecule has 4 nitrogen and oxygen atoms in total. The van der Waals surface area contributed by atoms with Gasteiger partial charge in [0.05, 0.1) is 11.1 Å². The maximum atomic E-state index is 14.6. The zero-order valence-corrected chi connectivity index (χ0v) is 19.3. The smallest absolute Gasteiger partial charge is 0.147 e. The predicted molar refractivity (Wildman–Crippen MR) is 132 cm³/mol. The number of hydrogen-bond acceptors (Lipinski definition) is 4. The molecular formula is C29H25F2N3O. The molecule has 1 saturated heterocycles. The Bertz CT molecular complexity index is 1460. The van der Waals surface area contributed by atoms with E-state index in [2.05, 4.69) is 45.4 Å². The Labute approximate surface area is 202 Å². The SMILES string of the molecule is Fc1cccc(F)c1-c1noc(C2CC2)c1C1=CC2(CCN(c3ccc4ncccc4c3)CC2)C1. The van der Waals surface area contributed by atoms with Crippen molar-refractivity contribution in [1.82, 2.24) is 10.1 Å². The average Bonchev–Trinajstić information content (AvgIpc) is 3.62. The number of allylic oxidation sites excluding steroid dienone is 2. The molecule has 2 fully saturated rings. The van der Waals surface area contributed by atoms with Crippen molar-refractivity contribution in [2.24, 2.45) is 5.41 Å². The van der Waals surface area contributed by atoms with Crippen LogP contribution < -0.4 is 4.90 Å². The highest BCUT2D eigenvalue weighted by Gasteiger charge is 2.44. The molecule has 0 amide bonds. The molecule has 0 unspecified atom stereocenters. The summed E-state index contributed by atoms with van der Waals surface area (Å²) in [6.45, 7) is 1.95. The number of piperidine rings is 1. The van der Waals surface area contributed by atoms with Crippen molar-refractivity contribution in [3.63, 3.8) is 0 Å². The summed E-state index contributed by atoms with van der Waals surface area (Å²) in [5.41, 5.74) is 4.55. The highest BCUT2D eigenvalue weighted by atomic mass is 19.1. The molecule has 2 aromatic heterocycles. The molecule has 4 aromatic rings.